The highest BCUT2D eigenvalue weighted by molar-refractivity contribution is 7.15. The lowest BCUT2D eigenvalue weighted by Crippen LogP contribution is -2.10. The third-order valence-electron chi connectivity index (χ3n) is 6.98. The van der Waals surface area contributed by atoms with Gasteiger partial charge in [-0.2, -0.15) is 5.26 Å². The summed E-state index contributed by atoms with van der Waals surface area (Å²) in [4.78, 5) is 4.52. The van der Waals surface area contributed by atoms with Gasteiger partial charge in [-0.15, -0.1) is 10.2 Å². The number of para-hydroxylation sites is 1. The molecule has 0 aliphatic carbocycles. The fraction of sp³-hybridized carbons (Fsp3) is 0.297. The van der Waals surface area contributed by atoms with E-state index in [0.29, 0.717) is 43.6 Å². The number of fused-ring (bicyclic) bond motifs is 3. The van der Waals surface area contributed by atoms with Gasteiger partial charge in [0.2, 0.25) is 0 Å². The topological polar surface area (TPSA) is 75.6 Å². The highest BCUT2D eigenvalue weighted by atomic mass is 32.1. The standard InChI is InChI=1S/C37H36N4OS/c1-21-16-23(18-36(3,4)5)12-14-25(21)29-17-30(39-20-22(29)2)28-11-9-10-26-27-15-13-24(19-38)31(33(27)42-32(26)28)34-40-41-35(43-34)37(6,7)8/h9-17,20H,18H2,1-8H3/i1D3,2D3,14D,18D2. The maximum atomic E-state index is 10.1. The van der Waals surface area contributed by atoms with E-state index in [1.807, 2.05) is 26.8 Å². The summed E-state index contributed by atoms with van der Waals surface area (Å²) in [6.45, 7) is 5.56. The van der Waals surface area contributed by atoms with E-state index in [-0.39, 0.29) is 45.0 Å². The van der Waals surface area contributed by atoms with E-state index in [0.717, 1.165) is 5.01 Å². The predicted octanol–water partition coefficient (Wildman–Crippen LogP) is 10.2. The zero-order valence-electron chi connectivity index (χ0n) is 33.8. The van der Waals surface area contributed by atoms with E-state index in [4.69, 9.17) is 16.8 Å². The lowest BCUT2D eigenvalue weighted by molar-refractivity contribution is 0.411. The molecule has 0 spiro atoms. The maximum Gasteiger partial charge on any atom is 0.152 e. The summed E-state index contributed by atoms with van der Waals surface area (Å²) in [5.41, 5.74) is 0.406. The van der Waals surface area contributed by atoms with Gasteiger partial charge in [0.15, 0.2) is 5.01 Å². The smallest absolute Gasteiger partial charge is 0.152 e. The van der Waals surface area contributed by atoms with Crippen LogP contribution in [0.2, 0.25) is 0 Å². The molecular formula is C37H36N4OS. The number of aromatic nitrogens is 3. The van der Waals surface area contributed by atoms with Crippen molar-refractivity contribution in [3.63, 3.8) is 0 Å². The van der Waals surface area contributed by atoms with Crippen LogP contribution in [0.3, 0.4) is 0 Å². The highest BCUT2D eigenvalue weighted by Gasteiger charge is 2.25. The highest BCUT2D eigenvalue weighted by Crippen LogP contribution is 2.43. The van der Waals surface area contributed by atoms with Gasteiger partial charge in [0.25, 0.3) is 0 Å². The second-order valence-corrected chi connectivity index (χ2v) is 13.6. The summed E-state index contributed by atoms with van der Waals surface area (Å²) in [5, 5.41) is 21.6. The lowest BCUT2D eigenvalue weighted by Gasteiger charge is -2.19. The van der Waals surface area contributed by atoms with Gasteiger partial charge in [0, 0.05) is 38.9 Å². The molecule has 0 fully saturated rings. The van der Waals surface area contributed by atoms with Crippen molar-refractivity contribution in [2.24, 2.45) is 5.41 Å². The Labute approximate surface area is 269 Å². The Kier molecular flexibility index (Phi) is 4.80. The first-order chi connectivity index (χ1) is 23.9. The summed E-state index contributed by atoms with van der Waals surface area (Å²) >= 11 is 1.37. The molecule has 0 unspecified atom stereocenters. The second-order valence-electron chi connectivity index (χ2n) is 12.6. The third-order valence-corrected chi connectivity index (χ3v) is 8.34. The number of nitrogens with zero attached hydrogens (tertiary/aromatic N) is 4. The number of benzene rings is 3. The van der Waals surface area contributed by atoms with Crippen LogP contribution in [-0.4, -0.2) is 15.2 Å². The van der Waals surface area contributed by atoms with Gasteiger partial charge in [-0.05, 0) is 77.6 Å². The Morgan fingerprint density at radius 3 is 2.42 bits per heavy atom. The number of nitriles is 1. The molecule has 0 saturated carbocycles. The van der Waals surface area contributed by atoms with Crippen molar-refractivity contribution in [2.45, 2.75) is 67.0 Å². The van der Waals surface area contributed by atoms with Gasteiger partial charge < -0.3 is 4.42 Å². The zero-order valence-corrected chi connectivity index (χ0v) is 25.6. The molecule has 5 nitrogen and oxygen atoms in total. The molecule has 0 saturated heterocycles. The predicted molar refractivity (Wildman–Crippen MR) is 177 cm³/mol. The molecule has 3 aromatic carbocycles. The Bertz CT molecular complexity index is 2420. The number of rotatable bonds is 4. The summed E-state index contributed by atoms with van der Waals surface area (Å²) < 4.78 is 83.4. The molecular weight excluding hydrogens is 549 g/mol. The second kappa shape index (κ2) is 10.4. The lowest BCUT2D eigenvalue weighted by atomic mass is 9.86. The molecule has 0 radical (unpaired) electrons. The van der Waals surface area contributed by atoms with Crippen LogP contribution in [0.15, 0.2) is 65.2 Å². The molecule has 43 heavy (non-hydrogen) atoms. The average Bonchev–Trinajstić information content (AvgIpc) is 3.68. The summed E-state index contributed by atoms with van der Waals surface area (Å²) in [5.74, 6) is 0. The number of hydrogen-bond donors (Lipinski definition) is 0. The fourth-order valence-electron chi connectivity index (χ4n) is 5.03. The normalized spacial score (nSPS) is 16.3. The van der Waals surface area contributed by atoms with Crippen molar-refractivity contribution in [3.8, 4) is 39.0 Å². The zero-order chi connectivity index (χ0) is 38.3. The van der Waals surface area contributed by atoms with Crippen LogP contribution in [0, 0.1) is 30.4 Å². The molecule has 6 rings (SSSR count). The van der Waals surface area contributed by atoms with Crippen LogP contribution in [-0.2, 0) is 11.8 Å². The van der Waals surface area contributed by atoms with Crippen LogP contribution in [0.25, 0.3) is 54.9 Å². The molecule has 0 amide bonds. The van der Waals surface area contributed by atoms with Crippen molar-refractivity contribution in [3.05, 3.63) is 88.0 Å². The molecule has 0 aliphatic heterocycles. The van der Waals surface area contributed by atoms with Crippen LogP contribution < -0.4 is 0 Å². The quantitative estimate of drug-likeness (QED) is 0.203. The van der Waals surface area contributed by atoms with E-state index in [9.17, 15) is 5.26 Å². The SMILES string of the molecule is [2H]c1cc(C([2H])([2H])C(C)(C)C)cc(C([2H])([2H])[2H])c1-c1cc(-c2cccc3c2oc2c(-c4nnc(C(C)(C)C)s4)c(C#N)ccc23)ncc1C([2H])([2H])[2H]. The molecule has 0 bridgehead atoms. The van der Waals surface area contributed by atoms with E-state index in [1.54, 1.807) is 45.0 Å². The summed E-state index contributed by atoms with van der Waals surface area (Å²) in [6, 6.07) is 14.7. The van der Waals surface area contributed by atoms with Crippen LogP contribution in [0.1, 0.15) is 81.1 Å². The van der Waals surface area contributed by atoms with Crippen LogP contribution >= 0.6 is 11.3 Å². The molecule has 3 heterocycles. The molecule has 0 atom stereocenters. The number of hydrogen-bond acceptors (Lipinski definition) is 6. The van der Waals surface area contributed by atoms with Gasteiger partial charge in [-0.25, -0.2) is 0 Å². The Morgan fingerprint density at radius 1 is 0.930 bits per heavy atom. The van der Waals surface area contributed by atoms with Crippen LogP contribution in [0.5, 0.6) is 0 Å². The number of furan rings is 1. The van der Waals surface area contributed by atoms with Gasteiger partial charge in [-0.3, -0.25) is 4.98 Å². The Morgan fingerprint density at radius 2 is 1.72 bits per heavy atom. The average molecular weight is 594 g/mol. The molecule has 6 aromatic rings. The molecule has 3 aromatic heterocycles. The van der Waals surface area contributed by atoms with E-state index < -0.39 is 25.5 Å². The molecule has 0 N–H and O–H groups in total. The largest absolute Gasteiger partial charge is 0.455 e. The van der Waals surface area contributed by atoms with E-state index in [2.05, 4.69) is 21.3 Å². The first-order valence-corrected chi connectivity index (χ1v) is 14.7. The minimum absolute atomic E-state index is 0.00854. The van der Waals surface area contributed by atoms with Gasteiger partial charge in [0.1, 0.15) is 22.2 Å². The monoisotopic (exact) mass is 593 g/mol. The van der Waals surface area contributed by atoms with Crippen molar-refractivity contribution >= 4 is 33.3 Å². The minimum atomic E-state index is -2.82. The maximum absolute atomic E-state index is 10.1. The van der Waals surface area contributed by atoms with E-state index >= 15 is 0 Å². The molecule has 0 aliphatic rings. The molecule has 216 valence electrons. The van der Waals surface area contributed by atoms with Gasteiger partial charge in [0.05, 0.1) is 18.2 Å². The third kappa shape index (κ3) is 5.34. The van der Waals surface area contributed by atoms with Crippen molar-refractivity contribution < 1.29 is 16.8 Å². The number of pyridine rings is 1. The molecule has 6 heteroatoms. The van der Waals surface area contributed by atoms with Gasteiger partial charge >= 0.3 is 0 Å². The van der Waals surface area contributed by atoms with E-state index in [1.165, 1.54) is 35.7 Å². The van der Waals surface area contributed by atoms with Crippen molar-refractivity contribution in [2.75, 3.05) is 0 Å². The van der Waals surface area contributed by atoms with Crippen LogP contribution in [0.4, 0.5) is 0 Å². The fourth-order valence-corrected chi connectivity index (χ4v) is 5.99. The van der Waals surface area contributed by atoms with Crippen molar-refractivity contribution in [1.29, 1.82) is 5.26 Å². The minimum Gasteiger partial charge on any atom is -0.455 e. The Hall–Kier alpha value is -4.34. The first-order valence-electron chi connectivity index (χ1n) is 18.3. The Balaban J connectivity index is 1.63. The summed E-state index contributed by atoms with van der Waals surface area (Å²) in [7, 11) is 0. The summed E-state index contributed by atoms with van der Waals surface area (Å²) in [6.07, 6.45) is -0.847. The number of aryl methyl sites for hydroxylation is 2. The van der Waals surface area contributed by atoms with Crippen molar-refractivity contribution in [1.82, 2.24) is 15.2 Å². The first kappa shape index (κ1) is 19.8. The van der Waals surface area contributed by atoms with Gasteiger partial charge in [-0.1, -0.05) is 83.2 Å².